The molecule has 1 saturated carbocycles. The van der Waals surface area contributed by atoms with Crippen molar-refractivity contribution in [1.29, 1.82) is 10.5 Å². The number of carbonyl (C=O) groups excluding carboxylic acids is 2. The van der Waals surface area contributed by atoms with E-state index < -0.39 is 84.6 Å². The van der Waals surface area contributed by atoms with Gasteiger partial charge in [-0.15, -0.1) is 0 Å². The van der Waals surface area contributed by atoms with Gasteiger partial charge in [-0.1, -0.05) is 44.9 Å². The summed E-state index contributed by atoms with van der Waals surface area (Å²) in [5.74, 6) is -1.84. The summed E-state index contributed by atoms with van der Waals surface area (Å²) in [5, 5.41) is 37.8. The average molecular weight is 2050 g/mol. The van der Waals surface area contributed by atoms with Gasteiger partial charge >= 0.3 is 18.2 Å². The van der Waals surface area contributed by atoms with Crippen molar-refractivity contribution in [3.05, 3.63) is 180 Å². The Morgan fingerprint density at radius 1 is 0.554 bits per heavy atom. The molecule has 8 aliphatic heterocycles. The Kier molecular flexibility index (Phi) is 35.2. The first kappa shape index (κ1) is 107. The number of nitriles is 2. The summed E-state index contributed by atoms with van der Waals surface area (Å²) in [6, 6.07) is 18.8. The number of ether oxygens (including phenoxy) is 3. The van der Waals surface area contributed by atoms with Crippen molar-refractivity contribution in [2.75, 3.05) is 118 Å². The molecule has 48 heteroatoms. The molecule has 8 saturated heterocycles. The molecule has 9 fully saturated rings. The number of hydrogen-bond donors (Lipinski definition) is 2. The molecule has 9 aromatic rings. The van der Waals surface area contributed by atoms with Gasteiger partial charge in [-0.3, -0.25) is 19.3 Å². The first-order valence-electron chi connectivity index (χ1n) is 45.8. The van der Waals surface area contributed by atoms with Gasteiger partial charge in [0, 0.05) is 233 Å². The van der Waals surface area contributed by atoms with Crippen LogP contribution in [-0.4, -0.2) is 291 Å². The lowest BCUT2D eigenvalue weighted by Gasteiger charge is -2.48. The van der Waals surface area contributed by atoms with Gasteiger partial charge in [-0.25, -0.2) is 47.0 Å². The molecule has 0 radical (unpaired) electrons. The molecule has 0 aromatic carbocycles. The second-order valence-electron chi connectivity index (χ2n) is 38.7. The summed E-state index contributed by atoms with van der Waals surface area (Å²) >= 11 is 0. The monoisotopic (exact) mass is 2050 g/mol. The third kappa shape index (κ3) is 27.3. The van der Waals surface area contributed by atoms with Crippen LogP contribution in [0.5, 0.6) is 0 Å². The SMILES string of the molecule is C[Si](C)(C)CCOCn1ccc2c(-c3cn[nH]c3)ccnc21.C[Si](C)(C)CCOCn1ccc2c(-c3cnn(C4(CC#N)CN(S(=O)(=O)N5CCCC5)C4)c3)ccnc21.N#CCC1(n2cc(-c3ccnc4[nH]ccc34)cn2)CN(S(=O)(=O)N2CCCC2)C1.O=S(=O)(Cl)N1CCCC1.[C-]#[N+]C=C1CC(S(=O)(=O)N2CCCC2)C1.[C-]#[N+]C=C1CN(C(=O)C(F)(F)F)C1.[C-]#[N+]C=C1CN(C(=O)OC(C)(C)C)C1. The van der Waals surface area contributed by atoms with E-state index in [0.29, 0.717) is 102 Å². The highest BCUT2D eigenvalue weighted by molar-refractivity contribution is 8.11. The number of sulfonamides is 1. The highest BCUT2D eigenvalue weighted by Gasteiger charge is 2.54. The number of aromatic nitrogens is 12. The summed E-state index contributed by atoms with van der Waals surface area (Å²) in [5.41, 5.74) is 9.36. The number of allylic oxidation sites excluding steroid dienone is 1. The zero-order valence-electron chi connectivity index (χ0n) is 79.5. The fourth-order valence-corrected chi connectivity index (χ4v) is 25.1. The standard InChI is InChI=1S/C25H35N7O3SSi.C19H21N7O2S.C16H22N4OSi.C10H14N2O2S.C10H14N2O2.C7H5F3N2O.C4H8ClNO2S/c1-37(2,3)15-14-35-20-29-13-7-23-22(6-10-27-24(23)29)21-16-28-32(17-21)25(8-9-26)18-31(19-25)36(33,34)30-11-4-5-12-30;20-6-5-19(13-25(14-19)29(27,28)24-9-1-2-10-24)26-12-15(11-23-26)16-3-7-21-18-17(16)4-8-22-18;1-22(2,3)9-8-21-12-20-7-5-15-14(4-6-17-16(15)20)13-10-18-19-11-13;1-11-8-9-6-10(7-9)15(13,14)12-4-2-3-5-12;1-10(2,3)14-9(13)12-6-8(7-12)5-11-4;1-11-2-5-3-12(4-5)6(13)7(8,9)10;5-9(7,8)6-3-1-2-4-6/h6-7,10,13,16-17H,4-5,8,11-12,14-15,18-20H2,1-3H3;3-4,7-8,11-12H,1-2,5,9-10,13-14H2,(H,21,22);4-7,10-11H,8-9,12H2,1-3H3,(H,18,19);8,10H,2-7H2;5H,6-7H2,1-3H3;2H,3-4H2;1-4H2. The number of carbonyl (C=O) groups is 2. The number of H-pyrrole nitrogens is 2. The number of amides is 2. The molecule has 2 N–H and O–H groups in total. The number of halogens is 4. The summed E-state index contributed by atoms with van der Waals surface area (Å²) in [4.78, 5) is 49.8. The molecule has 139 heavy (non-hydrogen) atoms. The van der Waals surface area contributed by atoms with Crippen LogP contribution < -0.4 is 0 Å². The Labute approximate surface area is 816 Å². The van der Waals surface area contributed by atoms with E-state index in [4.69, 9.17) is 44.6 Å². The van der Waals surface area contributed by atoms with Crippen LogP contribution in [0.15, 0.2) is 146 Å². The van der Waals surface area contributed by atoms with Crippen LogP contribution >= 0.6 is 10.7 Å². The molecule has 18 rings (SSSR count). The zero-order chi connectivity index (χ0) is 101. The minimum Gasteiger partial charge on any atom is -0.444 e. The van der Waals surface area contributed by atoms with E-state index in [1.54, 1.807) is 47.7 Å². The molecule has 9 aromatic heterocycles. The number of nitrogens with one attached hydrogen (secondary N) is 2. The molecule has 746 valence electrons. The molecular formula is C91H119ClF3N25O13S4Si2. The molecule has 17 heterocycles. The largest absolute Gasteiger partial charge is 0.471 e. The average Bonchev–Trinajstić information content (AvgIpc) is 1.72. The van der Waals surface area contributed by atoms with Crippen LogP contribution in [0.4, 0.5) is 18.0 Å². The van der Waals surface area contributed by atoms with E-state index in [1.807, 2.05) is 105 Å². The predicted molar refractivity (Wildman–Crippen MR) is 526 cm³/mol. The van der Waals surface area contributed by atoms with Crippen LogP contribution in [0.2, 0.25) is 51.4 Å². The molecule has 0 unspecified atom stereocenters. The van der Waals surface area contributed by atoms with E-state index in [9.17, 15) is 67.0 Å². The number of alkyl halides is 3. The molecule has 9 aliphatic rings. The first-order valence-corrected chi connectivity index (χ1v) is 59.8. The van der Waals surface area contributed by atoms with Crippen LogP contribution in [0.25, 0.3) is 81.0 Å². The molecular weight excluding hydrogens is 1930 g/mol. The minimum absolute atomic E-state index is 0.0826. The fraction of sp³-hybridized carbons (Fsp3) is 0.527. The second-order valence-corrected chi connectivity index (χ2v) is 58.6. The summed E-state index contributed by atoms with van der Waals surface area (Å²) in [7, 11) is -10.6. The van der Waals surface area contributed by atoms with E-state index in [-0.39, 0.29) is 63.5 Å². The van der Waals surface area contributed by atoms with Gasteiger partial charge in [0.25, 0.3) is 29.7 Å². The maximum atomic E-state index is 13.0. The van der Waals surface area contributed by atoms with Crippen LogP contribution in [0.1, 0.15) is 97.8 Å². The van der Waals surface area contributed by atoms with Gasteiger partial charge in [0.1, 0.15) is 47.1 Å². The lowest BCUT2D eigenvalue weighted by molar-refractivity contribution is -0.186. The van der Waals surface area contributed by atoms with Gasteiger partial charge in [-0.2, -0.15) is 85.8 Å². The molecule has 0 bridgehead atoms. The van der Waals surface area contributed by atoms with Gasteiger partial charge in [0.05, 0.1) is 68.5 Å². The highest BCUT2D eigenvalue weighted by atomic mass is 35.7. The number of likely N-dealkylation sites (tertiary alicyclic amines) is 2. The van der Waals surface area contributed by atoms with E-state index >= 15 is 0 Å². The van der Waals surface area contributed by atoms with E-state index in [1.165, 1.54) is 35.7 Å². The number of hydrogen-bond acceptors (Lipinski definition) is 21. The molecule has 2 amide bonds. The second kappa shape index (κ2) is 45.8. The molecule has 0 atom stereocenters. The van der Waals surface area contributed by atoms with Crippen molar-refractivity contribution in [1.82, 2.24) is 94.5 Å². The molecule has 1 aliphatic carbocycles. The number of fused-ring (bicyclic) bond motifs is 3. The summed E-state index contributed by atoms with van der Waals surface area (Å²) in [6.07, 6.45) is 30.2. The summed E-state index contributed by atoms with van der Waals surface area (Å²) in [6.45, 7) is 48.5. The predicted octanol–water partition coefficient (Wildman–Crippen LogP) is 14.1. The first-order chi connectivity index (χ1) is 65.8. The number of aromatic amines is 2. The summed E-state index contributed by atoms with van der Waals surface area (Å²) < 4.78 is 165. The van der Waals surface area contributed by atoms with Crippen LogP contribution in [0.3, 0.4) is 0 Å². The van der Waals surface area contributed by atoms with E-state index in [2.05, 4.69) is 117 Å². The van der Waals surface area contributed by atoms with Crippen LogP contribution in [0, 0.1) is 42.4 Å². The van der Waals surface area contributed by atoms with E-state index in [0.717, 1.165) is 154 Å². The minimum atomic E-state index is -4.80. The molecule has 0 spiro atoms. The Bertz CT molecular complexity index is 6590. The normalized spacial score (nSPS) is 18.6. The Morgan fingerprint density at radius 2 is 0.964 bits per heavy atom. The van der Waals surface area contributed by atoms with Gasteiger partial charge in [0.15, 0.2) is 18.6 Å². The Morgan fingerprint density at radius 3 is 1.36 bits per heavy atom. The number of nitrogens with zero attached hydrogens (tertiary/aromatic N) is 23. The van der Waals surface area contributed by atoms with Crippen molar-refractivity contribution in [3.8, 4) is 45.5 Å². The topological polar surface area (TPSA) is 414 Å². The maximum absolute atomic E-state index is 13.0. The molecule has 38 nitrogen and oxygen atoms in total. The Hall–Kier alpha value is -10.9. The highest BCUT2D eigenvalue weighted by Crippen LogP contribution is 2.42. The van der Waals surface area contributed by atoms with Crippen molar-refractivity contribution in [2.45, 2.75) is 191 Å². The van der Waals surface area contributed by atoms with Gasteiger partial charge in [-0.05, 0) is 161 Å². The number of rotatable bonds is 24. The van der Waals surface area contributed by atoms with Crippen molar-refractivity contribution < 1.29 is 70.6 Å². The fourth-order valence-electron chi connectivity index (χ4n) is 16.7. The van der Waals surface area contributed by atoms with Crippen LogP contribution in [-0.2, 0) is 83.2 Å². The quantitative estimate of drug-likeness (QED) is 0.0245. The zero-order valence-corrected chi connectivity index (χ0v) is 85.5. The lowest BCUT2D eigenvalue weighted by atomic mass is 9.89. The Balaban J connectivity index is 0.000000152. The lowest BCUT2D eigenvalue weighted by Crippen LogP contribution is -2.66. The maximum Gasteiger partial charge on any atom is 0.471 e. The smallest absolute Gasteiger partial charge is 0.444 e. The third-order valence-electron chi connectivity index (χ3n) is 24.6. The van der Waals surface area contributed by atoms with Gasteiger partial charge in [0.2, 0.25) is 10.0 Å². The van der Waals surface area contributed by atoms with Crippen molar-refractivity contribution >= 4 is 112 Å². The third-order valence-corrected chi connectivity index (χ3v) is 35.7. The van der Waals surface area contributed by atoms with Crippen molar-refractivity contribution in [3.63, 3.8) is 0 Å². The van der Waals surface area contributed by atoms with Crippen molar-refractivity contribution in [2.24, 2.45) is 0 Å². The number of pyridine rings is 3. The van der Waals surface area contributed by atoms with Gasteiger partial charge < -0.3 is 38.1 Å².